The molecule has 7 heteroatoms. The summed E-state index contributed by atoms with van der Waals surface area (Å²) < 4.78 is 45.7. The van der Waals surface area contributed by atoms with Crippen LogP contribution in [0.25, 0.3) is 0 Å². The highest BCUT2D eigenvalue weighted by atomic mass is 32.2. The lowest BCUT2D eigenvalue weighted by Crippen LogP contribution is -2.41. The number of ether oxygens (including phenoxy) is 1. The van der Waals surface area contributed by atoms with Crippen LogP contribution in [0.15, 0.2) is 29.2 Å². The highest BCUT2D eigenvalue weighted by Gasteiger charge is 2.37. The number of halogens is 1. The maximum atomic E-state index is 13.1. The molecule has 3 fully saturated rings. The molecule has 2 saturated carbocycles. The molecule has 0 amide bonds. The number of sulfonamides is 1. The maximum Gasteiger partial charge on any atom is 0.309 e. The van der Waals surface area contributed by atoms with Crippen molar-refractivity contribution in [2.24, 2.45) is 17.8 Å². The quantitative estimate of drug-likeness (QED) is 0.683. The highest BCUT2D eigenvalue weighted by molar-refractivity contribution is 7.89. The highest BCUT2D eigenvalue weighted by Crippen LogP contribution is 2.41. The van der Waals surface area contributed by atoms with Gasteiger partial charge in [0.25, 0.3) is 0 Å². The van der Waals surface area contributed by atoms with Gasteiger partial charge < -0.3 is 4.74 Å². The lowest BCUT2D eigenvalue weighted by Gasteiger charge is -2.39. The average molecular weight is 424 g/mol. The number of carbonyl (C=O) groups excluding carboxylic acids is 1. The number of piperidine rings is 1. The van der Waals surface area contributed by atoms with Gasteiger partial charge in [-0.25, -0.2) is 12.8 Å². The van der Waals surface area contributed by atoms with Gasteiger partial charge in [0.1, 0.15) is 11.9 Å². The van der Waals surface area contributed by atoms with Gasteiger partial charge in [0.15, 0.2) is 0 Å². The molecule has 160 valence electrons. The SMILES string of the molecule is O=C(O[C@H]1CC[C@@H]2CCCC[C@@H]2C1)C1CCN(S(=O)(=O)c2ccc(F)cc2)CC1. The molecule has 1 heterocycles. The molecule has 1 aromatic carbocycles. The first-order chi connectivity index (χ1) is 13.9. The molecule has 4 rings (SSSR count). The Morgan fingerprint density at radius 2 is 1.59 bits per heavy atom. The number of rotatable bonds is 4. The molecule has 0 N–H and O–H groups in total. The molecule has 0 spiro atoms. The largest absolute Gasteiger partial charge is 0.462 e. The summed E-state index contributed by atoms with van der Waals surface area (Å²) in [4.78, 5) is 12.7. The van der Waals surface area contributed by atoms with Crippen LogP contribution in [-0.4, -0.2) is 37.9 Å². The Labute approximate surface area is 172 Å². The third-order valence-corrected chi connectivity index (χ3v) is 8.93. The van der Waals surface area contributed by atoms with Crippen LogP contribution >= 0.6 is 0 Å². The van der Waals surface area contributed by atoms with Crippen LogP contribution in [0.2, 0.25) is 0 Å². The van der Waals surface area contributed by atoms with E-state index in [1.165, 1.54) is 42.1 Å². The van der Waals surface area contributed by atoms with E-state index in [1.807, 2.05) is 0 Å². The lowest BCUT2D eigenvalue weighted by molar-refractivity contribution is -0.158. The maximum absolute atomic E-state index is 13.1. The van der Waals surface area contributed by atoms with Crippen molar-refractivity contribution in [1.82, 2.24) is 4.31 Å². The van der Waals surface area contributed by atoms with Gasteiger partial charge in [0, 0.05) is 13.1 Å². The Hall–Kier alpha value is -1.47. The summed E-state index contributed by atoms with van der Waals surface area (Å²) in [7, 11) is -3.65. The first-order valence-electron chi connectivity index (χ1n) is 10.9. The van der Waals surface area contributed by atoms with E-state index in [9.17, 15) is 17.6 Å². The summed E-state index contributed by atoms with van der Waals surface area (Å²) in [6, 6.07) is 4.87. The fraction of sp³-hybridized carbons (Fsp3) is 0.682. The van der Waals surface area contributed by atoms with Crippen molar-refractivity contribution < 1.29 is 22.3 Å². The minimum Gasteiger partial charge on any atom is -0.462 e. The van der Waals surface area contributed by atoms with Crippen LogP contribution in [0, 0.1) is 23.6 Å². The van der Waals surface area contributed by atoms with Crippen molar-refractivity contribution in [2.75, 3.05) is 13.1 Å². The van der Waals surface area contributed by atoms with Crippen molar-refractivity contribution >= 4 is 16.0 Å². The molecule has 3 atom stereocenters. The van der Waals surface area contributed by atoms with Crippen LogP contribution in [-0.2, 0) is 19.6 Å². The van der Waals surface area contributed by atoms with Crippen LogP contribution in [0.4, 0.5) is 4.39 Å². The summed E-state index contributed by atoms with van der Waals surface area (Å²) in [5.74, 6) is 0.658. The number of hydrogen-bond donors (Lipinski definition) is 0. The standard InChI is InChI=1S/C22H30FNO4S/c23-19-6-9-21(10-7-19)29(26,27)24-13-11-17(12-14-24)22(25)28-20-8-5-16-3-1-2-4-18(16)15-20/h6-7,9-10,16-18,20H,1-5,8,11-15H2/t16-,18+,20-/m0/s1. The van der Waals surface area contributed by atoms with Gasteiger partial charge in [-0.1, -0.05) is 25.7 Å². The third kappa shape index (κ3) is 4.66. The number of hydrogen-bond acceptors (Lipinski definition) is 4. The number of benzene rings is 1. The monoisotopic (exact) mass is 423 g/mol. The summed E-state index contributed by atoms with van der Waals surface area (Å²) in [5, 5.41) is 0. The molecule has 29 heavy (non-hydrogen) atoms. The van der Waals surface area contributed by atoms with Crippen LogP contribution < -0.4 is 0 Å². The van der Waals surface area contributed by atoms with Gasteiger partial charge in [-0.15, -0.1) is 0 Å². The van der Waals surface area contributed by atoms with Crippen molar-refractivity contribution in [3.05, 3.63) is 30.1 Å². The second-order valence-electron chi connectivity index (χ2n) is 8.81. The number of fused-ring (bicyclic) bond motifs is 1. The van der Waals surface area contributed by atoms with Crippen LogP contribution in [0.3, 0.4) is 0 Å². The van der Waals surface area contributed by atoms with E-state index in [0.717, 1.165) is 37.3 Å². The average Bonchev–Trinajstić information content (AvgIpc) is 2.74. The molecule has 5 nitrogen and oxygen atoms in total. The zero-order valence-electron chi connectivity index (χ0n) is 16.8. The Bertz CT molecular complexity index is 818. The van der Waals surface area contributed by atoms with E-state index in [1.54, 1.807) is 0 Å². The minimum absolute atomic E-state index is 0.0304. The number of carbonyl (C=O) groups is 1. The van der Waals surface area contributed by atoms with Gasteiger partial charge >= 0.3 is 5.97 Å². The minimum atomic E-state index is -3.65. The smallest absolute Gasteiger partial charge is 0.309 e. The Morgan fingerprint density at radius 1 is 0.931 bits per heavy atom. The van der Waals surface area contributed by atoms with Gasteiger partial charge in [-0.2, -0.15) is 4.31 Å². The lowest BCUT2D eigenvalue weighted by atomic mass is 9.70. The van der Waals surface area contributed by atoms with E-state index < -0.39 is 15.8 Å². The predicted octanol–water partition coefficient (Wildman–Crippen LogP) is 4.13. The van der Waals surface area contributed by atoms with E-state index in [0.29, 0.717) is 18.8 Å². The zero-order chi connectivity index (χ0) is 20.4. The molecule has 0 unspecified atom stereocenters. The number of nitrogens with zero attached hydrogens (tertiary/aromatic N) is 1. The zero-order valence-corrected chi connectivity index (χ0v) is 17.6. The van der Waals surface area contributed by atoms with Gasteiger partial charge in [-0.05, 0) is 68.2 Å². The molecule has 2 aliphatic carbocycles. The normalized spacial score (nSPS) is 29.2. The van der Waals surface area contributed by atoms with E-state index in [4.69, 9.17) is 4.74 Å². The summed E-state index contributed by atoms with van der Waals surface area (Å²) in [6.45, 7) is 0.573. The van der Waals surface area contributed by atoms with Crippen molar-refractivity contribution in [1.29, 1.82) is 0 Å². The molecular formula is C22H30FNO4S. The second-order valence-corrected chi connectivity index (χ2v) is 10.7. The molecule has 1 aromatic rings. The van der Waals surface area contributed by atoms with Crippen molar-refractivity contribution in [2.45, 2.75) is 68.8 Å². The second kappa shape index (κ2) is 8.72. The Kier molecular flexibility index (Phi) is 6.25. The van der Waals surface area contributed by atoms with E-state index in [-0.39, 0.29) is 36.0 Å². The Morgan fingerprint density at radius 3 is 2.28 bits per heavy atom. The topological polar surface area (TPSA) is 63.7 Å². The fourth-order valence-corrected chi connectivity index (χ4v) is 6.76. The fourth-order valence-electron chi connectivity index (χ4n) is 5.29. The first-order valence-corrected chi connectivity index (χ1v) is 12.3. The van der Waals surface area contributed by atoms with E-state index in [2.05, 4.69) is 0 Å². The van der Waals surface area contributed by atoms with Gasteiger partial charge in [-0.3, -0.25) is 4.79 Å². The molecule has 1 aliphatic heterocycles. The van der Waals surface area contributed by atoms with Crippen LogP contribution in [0.5, 0.6) is 0 Å². The molecular weight excluding hydrogens is 393 g/mol. The first kappa shape index (κ1) is 20.8. The predicted molar refractivity (Wildman–Crippen MR) is 107 cm³/mol. The summed E-state index contributed by atoms with van der Waals surface area (Å²) in [6.07, 6.45) is 9.31. The summed E-state index contributed by atoms with van der Waals surface area (Å²) >= 11 is 0. The molecule has 0 aromatic heterocycles. The molecule has 0 bridgehead atoms. The molecule has 3 aliphatic rings. The molecule has 1 saturated heterocycles. The van der Waals surface area contributed by atoms with E-state index >= 15 is 0 Å². The Balaban J connectivity index is 1.29. The molecule has 0 radical (unpaired) electrons. The third-order valence-electron chi connectivity index (χ3n) is 7.01. The van der Waals surface area contributed by atoms with Crippen molar-refractivity contribution in [3.63, 3.8) is 0 Å². The van der Waals surface area contributed by atoms with Gasteiger partial charge in [0.05, 0.1) is 10.8 Å². The summed E-state index contributed by atoms with van der Waals surface area (Å²) in [5.41, 5.74) is 0. The number of esters is 1. The van der Waals surface area contributed by atoms with Gasteiger partial charge in [0.2, 0.25) is 10.0 Å². The van der Waals surface area contributed by atoms with Crippen LogP contribution in [0.1, 0.15) is 57.8 Å². The van der Waals surface area contributed by atoms with Crippen molar-refractivity contribution in [3.8, 4) is 0 Å².